The lowest BCUT2D eigenvalue weighted by molar-refractivity contribution is -0.313. The van der Waals surface area contributed by atoms with Crippen molar-refractivity contribution in [2.75, 3.05) is 41.0 Å². The lowest BCUT2D eigenvalue weighted by Gasteiger charge is -2.37. The largest absolute Gasteiger partial charge is 0.375 e. The van der Waals surface area contributed by atoms with Crippen LogP contribution in [0.1, 0.15) is 13.8 Å². The van der Waals surface area contributed by atoms with Crippen LogP contribution in [0, 0.1) is 0 Å². The minimum atomic E-state index is -0.745. The first kappa shape index (κ1) is 12.8. The molecule has 0 aliphatic heterocycles. The van der Waals surface area contributed by atoms with E-state index in [2.05, 4.69) is 0 Å². The van der Waals surface area contributed by atoms with Gasteiger partial charge in [-0.15, -0.1) is 0 Å². The minimum Gasteiger partial charge on any atom is -0.375 e. The molecular weight excluding hydrogens is 170 g/mol. The maximum Gasteiger partial charge on any atom is 0.253 e. The maximum absolute atomic E-state index is 5.52. The second-order valence-electron chi connectivity index (χ2n) is 2.88. The molecule has 0 amide bonds. The highest BCUT2D eigenvalue weighted by Gasteiger charge is 2.33. The summed E-state index contributed by atoms with van der Waals surface area (Å²) in [4.78, 5) is 1.87. The Balaban J connectivity index is 4.26. The van der Waals surface area contributed by atoms with E-state index in [-0.39, 0.29) is 0 Å². The van der Waals surface area contributed by atoms with Gasteiger partial charge in [-0.2, -0.15) is 0 Å². The molecule has 0 N–H and O–H groups in total. The van der Waals surface area contributed by atoms with Gasteiger partial charge in [0.05, 0.1) is 0 Å². The number of likely N-dealkylation sites (N-methyl/N-ethyl adjacent to an activating group) is 1. The SMILES string of the molecule is CCOCC(OC)(OCC)N(C)C. The van der Waals surface area contributed by atoms with Crippen molar-refractivity contribution >= 4 is 0 Å². The van der Waals surface area contributed by atoms with Gasteiger partial charge in [0, 0.05) is 20.3 Å². The van der Waals surface area contributed by atoms with Crippen molar-refractivity contribution in [2.24, 2.45) is 0 Å². The molecule has 0 aliphatic rings. The highest BCUT2D eigenvalue weighted by atomic mass is 16.7. The zero-order valence-corrected chi connectivity index (χ0v) is 9.29. The van der Waals surface area contributed by atoms with E-state index in [1.165, 1.54) is 0 Å². The molecule has 4 heteroatoms. The summed E-state index contributed by atoms with van der Waals surface area (Å²) in [5.74, 6) is -0.745. The first-order chi connectivity index (χ1) is 6.13. The van der Waals surface area contributed by atoms with Gasteiger partial charge in [0.15, 0.2) is 0 Å². The lowest BCUT2D eigenvalue weighted by Crippen LogP contribution is -2.52. The molecule has 4 nitrogen and oxygen atoms in total. The fraction of sp³-hybridized carbons (Fsp3) is 1.00. The van der Waals surface area contributed by atoms with Crippen molar-refractivity contribution in [2.45, 2.75) is 19.8 Å². The average Bonchev–Trinajstić information content (AvgIpc) is 2.12. The van der Waals surface area contributed by atoms with Crippen LogP contribution < -0.4 is 0 Å². The Hall–Kier alpha value is -0.160. The molecule has 1 unspecified atom stereocenters. The number of methoxy groups -OCH3 is 1. The molecular formula is C9H21NO3. The van der Waals surface area contributed by atoms with Gasteiger partial charge in [-0.05, 0) is 27.9 Å². The van der Waals surface area contributed by atoms with Gasteiger partial charge >= 0.3 is 0 Å². The van der Waals surface area contributed by atoms with Crippen LogP contribution in [0.15, 0.2) is 0 Å². The summed E-state index contributed by atoms with van der Waals surface area (Å²) >= 11 is 0. The van der Waals surface area contributed by atoms with E-state index in [1.54, 1.807) is 7.11 Å². The average molecular weight is 191 g/mol. The molecule has 0 heterocycles. The second-order valence-corrected chi connectivity index (χ2v) is 2.88. The van der Waals surface area contributed by atoms with Crippen LogP contribution in [0.5, 0.6) is 0 Å². The van der Waals surface area contributed by atoms with E-state index in [0.29, 0.717) is 19.8 Å². The van der Waals surface area contributed by atoms with Gasteiger partial charge in [0.2, 0.25) is 0 Å². The molecule has 0 aliphatic carbocycles. The van der Waals surface area contributed by atoms with Gasteiger partial charge in [0.1, 0.15) is 6.61 Å². The zero-order valence-electron chi connectivity index (χ0n) is 9.29. The fourth-order valence-corrected chi connectivity index (χ4v) is 1.06. The van der Waals surface area contributed by atoms with Crippen LogP contribution in [-0.4, -0.2) is 51.8 Å². The lowest BCUT2D eigenvalue weighted by atomic mass is 10.4. The summed E-state index contributed by atoms with van der Waals surface area (Å²) in [6.07, 6.45) is 0. The predicted molar refractivity (Wildman–Crippen MR) is 51.5 cm³/mol. The van der Waals surface area contributed by atoms with Gasteiger partial charge in [-0.3, -0.25) is 4.90 Å². The standard InChI is InChI=1S/C9H21NO3/c1-6-12-8-9(11-5,10(3)4)13-7-2/h6-8H2,1-5H3. The van der Waals surface area contributed by atoms with Crippen molar-refractivity contribution in [1.82, 2.24) is 4.90 Å². The Kier molecular flexibility index (Phi) is 6.24. The molecule has 0 aromatic carbocycles. The Morgan fingerprint density at radius 3 is 2.08 bits per heavy atom. The van der Waals surface area contributed by atoms with Crippen molar-refractivity contribution in [3.8, 4) is 0 Å². The molecule has 0 spiro atoms. The van der Waals surface area contributed by atoms with E-state index < -0.39 is 5.91 Å². The van der Waals surface area contributed by atoms with Crippen molar-refractivity contribution in [3.05, 3.63) is 0 Å². The number of rotatable bonds is 7. The Bertz CT molecular complexity index is 130. The third kappa shape index (κ3) is 3.60. The number of nitrogens with zero attached hydrogens (tertiary/aromatic N) is 1. The molecule has 1 atom stereocenters. The summed E-state index contributed by atoms with van der Waals surface area (Å²) in [7, 11) is 5.42. The van der Waals surface area contributed by atoms with Crippen LogP contribution >= 0.6 is 0 Å². The zero-order chi connectivity index (χ0) is 10.3. The monoisotopic (exact) mass is 191 g/mol. The summed E-state index contributed by atoms with van der Waals surface area (Å²) in [6, 6.07) is 0. The molecule has 0 radical (unpaired) electrons. The third-order valence-corrected chi connectivity index (χ3v) is 1.86. The fourth-order valence-electron chi connectivity index (χ4n) is 1.06. The Morgan fingerprint density at radius 2 is 1.77 bits per heavy atom. The molecule has 0 saturated heterocycles. The summed E-state index contributed by atoms with van der Waals surface area (Å²) < 4.78 is 16.2. The molecule has 0 rings (SSSR count). The smallest absolute Gasteiger partial charge is 0.253 e. The Labute approximate surface area is 80.8 Å². The maximum atomic E-state index is 5.52. The van der Waals surface area contributed by atoms with Crippen molar-refractivity contribution in [3.63, 3.8) is 0 Å². The number of hydrogen-bond donors (Lipinski definition) is 0. The molecule has 0 saturated carbocycles. The van der Waals surface area contributed by atoms with Crippen molar-refractivity contribution < 1.29 is 14.2 Å². The van der Waals surface area contributed by atoms with Gasteiger partial charge in [0.25, 0.3) is 5.91 Å². The quantitative estimate of drug-likeness (QED) is 0.560. The van der Waals surface area contributed by atoms with E-state index >= 15 is 0 Å². The summed E-state index contributed by atoms with van der Waals surface area (Å²) in [5.41, 5.74) is 0. The predicted octanol–water partition coefficient (Wildman–Crippen LogP) is 0.921. The van der Waals surface area contributed by atoms with Crippen LogP contribution in [0.2, 0.25) is 0 Å². The highest BCUT2D eigenvalue weighted by Crippen LogP contribution is 2.15. The number of hydrogen-bond acceptors (Lipinski definition) is 4. The molecule has 0 fully saturated rings. The molecule has 0 aromatic heterocycles. The summed E-state index contributed by atoms with van der Waals surface area (Å²) in [6.45, 7) is 5.55. The topological polar surface area (TPSA) is 30.9 Å². The first-order valence-electron chi connectivity index (χ1n) is 4.57. The van der Waals surface area contributed by atoms with Crippen LogP contribution in [0.25, 0.3) is 0 Å². The van der Waals surface area contributed by atoms with E-state index in [9.17, 15) is 0 Å². The van der Waals surface area contributed by atoms with Gasteiger partial charge in [-0.25, -0.2) is 0 Å². The van der Waals surface area contributed by atoms with Crippen LogP contribution in [-0.2, 0) is 14.2 Å². The minimum absolute atomic E-state index is 0.418. The van der Waals surface area contributed by atoms with Gasteiger partial charge in [-0.1, -0.05) is 0 Å². The van der Waals surface area contributed by atoms with E-state index in [0.717, 1.165) is 0 Å². The Morgan fingerprint density at radius 1 is 1.15 bits per heavy atom. The van der Waals surface area contributed by atoms with Crippen LogP contribution in [0.3, 0.4) is 0 Å². The normalized spacial score (nSPS) is 16.2. The van der Waals surface area contributed by atoms with E-state index in [4.69, 9.17) is 14.2 Å². The third-order valence-electron chi connectivity index (χ3n) is 1.86. The second kappa shape index (κ2) is 6.32. The van der Waals surface area contributed by atoms with Gasteiger partial charge < -0.3 is 14.2 Å². The highest BCUT2D eigenvalue weighted by molar-refractivity contribution is 4.64. The summed E-state index contributed by atoms with van der Waals surface area (Å²) in [5, 5.41) is 0. The number of ether oxygens (including phenoxy) is 3. The molecule has 80 valence electrons. The van der Waals surface area contributed by atoms with E-state index in [1.807, 2.05) is 32.8 Å². The van der Waals surface area contributed by atoms with Crippen LogP contribution in [0.4, 0.5) is 0 Å². The molecule has 13 heavy (non-hydrogen) atoms. The molecule has 0 aromatic rings. The molecule has 0 bridgehead atoms. The van der Waals surface area contributed by atoms with Crippen molar-refractivity contribution in [1.29, 1.82) is 0 Å². The first-order valence-corrected chi connectivity index (χ1v) is 4.57.